The number of hydrogen-bond donors (Lipinski definition) is 1. The summed E-state index contributed by atoms with van der Waals surface area (Å²) in [7, 11) is 0. The molecule has 0 aromatic rings. The maximum absolute atomic E-state index is 3.99. The summed E-state index contributed by atoms with van der Waals surface area (Å²) in [6, 6.07) is 1.60. The van der Waals surface area contributed by atoms with Gasteiger partial charge in [0.25, 0.3) is 0 Å². The molecule has 1 nitrogen and oxygen atoms in total. The van der Waals surface area contributed by atoms with E-state index in [9.17, 15) is 0 Å². The topological polar surface area (TPSA) is 12.0 Å². The van der Waals surface area contributed by atoms with Crippen molar-refractivity contribution in [2.24, 2.45) is 11.3 Å². The smallest absolute Gasteiger partial charge is 0.0121 e. The lowest BCUT2D eigenvalue weighted by molar-refractivity contribution is 0.140. The maximum Gasteiger partial charge on any atom is 0.0121 e. The number of hydrogen-bond acceptors (Lipinski definition) is 1. The Labute approximate surface area is 108 Å². The van der Waals surface area contributed by atoms with Gasteiger partial charge in [-0.15, -0.1) is 0 Å². The van der Waals surface area contributed by atoms with Crippen molar-refractivity contribution in [3.8, 4) is 0 Å². The zero-order chi connectivity index (χ0) is 12.3. The fourth-order valence-corrected chi connectivity index (χ4v) is 3.82. The first-order valence-corrected chi connectivity index (χ1v) is 7.88. The van der Waals surface area contributed by atoms with E-state index in [2.05, 4.69) is 26.1 Å². The largest absolute Gasteiger partial charge is 0.311 e. The normalized spacial score (nSPS) is 37.9. The lowest BCUT2D eigenvalue weighted by Crippen LogP contribution is -2.49. The Morgan fingerprint density at radius 3 is 2.29 bits per heavy atom. The van der Waals surface area contributed by atoms with Crippen LogP contribution in [0.2, 0.25) is 0 Å². The van der Waals surface area contributed by atoms with E-state index < -0.39 is 0 Å². The molecule has 0 spiro atoms. The Hall–Kier alpha value is -0.0400. The Morgan fingerprint density at radius 1 is 1.00 bits per heavy atom. The Balaban J connectivity index is 1.80. The highest BCUT2D eigenvalue weighted by Gasteiger charge is 2.34. The molecular weight excluding hydrogens is 206 g/mol. The standard InChI is InChI=1S/C16H31N/c1-4-13-8-10-14(11-9-13)17-15-7-5-6-12-16(15,2)3/h13-15,17H,4-12H2,1-3H3. The van der Waals surface area contributed by atoms with Gasteiger partial charge in [0.05, 0.1) is 0 Å². The minimum absolute atomic E-state index is 0.528. The Bertz CT molecular complexity index is 226. The first-order valence-electron chi connectivity index (χ1n) is 7.88. The Kier molecular flexibility index (Phi) is 4.52. The van der Waals surface area contributed by atoms with E-state index in [1.807, 2.05) is 0 Å². The van der Waals surface area contributed by atoms with Crippen molar-refractivity contribution in [1.82, 2.24) is 5.32 Å². The van der Waals surface area contributed by atoms with Crippen LogP contribution in [0.15, 0.2) is 0 Å². The van der Waals surface area contributed by atoms with E-state index in [1.165, 1.54) is 57.8 Å². The highest BCUT2D eigenvalue weighted by atomic mass is 15.0. The third kappa shape index (κ3) is 3.47. The highest BCUT2D eigenvalue weighted by molar-refractivity contribution is 4.91. The van der Waals surface area contributed by atoms with Crippen LogP contribution in [0.4, 0.5) is 0 Å². The van der Waals surface area contributed by atoms with Gasteiger partial charge in [0.2, 0.25) is 0 Å². The van der Waals surface area contributed by atoms with Crippen molar-refractivity contribution < 1.29 is 0 Å². The summed E-state index contributed by atoms with van der Waals surface area (Å²) in [5, 5.41) is 3.99. The highest BCUT2D eigenvalue weighted by Crippen LogP contribution is 2.37. The molecule has 2 aliphatic rings. The molecule has 0 aromatic heterocycles. The summed E-state index contributed by atoms with van der Waals surface area (Å²) in [5.74, 6) is 1.02. The molecule has 1 N–H and O–H groups in total. The third-order valence-corrected chi connectivity index (χ3v) is 5.37. The number of rotatable bonds is 3. The van der Waals surface area contributed by atoms with Crippen molar-refractivity contribution in [1.29, 1.82) is 0 Å². The predicted octanol–water partition coefficient (Wildman–Crippen LogP) is 4.51. The maximum atomic E-state index is 3.99. The van der Waals surface area contributed by atoms with Gasteiger partial charge in [-0.2, -0.15) is 0 Å². The zero-order valence-electron chi connectivity index (χ0n) is 12.1. The molecule has 2 aliphatic carbocycles. The van der Waals surface area contributed by atoms with Crippen molar-refractivity contribution >= 4 is 0 Å². The van der Waals surface area contributed by atoms with Crippen LogP contribution >= 0.6 is 0 Å². The van der Waals surface area contributed by atoms with Gasteiger partial charge in [0, 0.05) is 12.1 Å². The van der Waals surface area contributed by atoms with E-state index in [1.54, 1.807) is 0 Å². The van der Waals surface area contributed by atoms with Crippen LogP contribution in [0.3, 0.4) is 0 Å². The Morgan fingerprint density at radius 2 is 1.71 bits per heavy atom. The monoisotopic (exact) mass is 237 g/mol. The van der Waals surface area contributed by atoms with Crippen molar-refractivity contribution in [2.75, 3.05) is 0 Å². The SMILES string of the molecule is CCC1CCC(NC2CCCCC2(C)C)CC1. The van der Waals surface area contributed by atoms with Crippen LogP contribution in [0.1, 0.15) is 78.6 Å². The van der Waals surface area contributed by atoms with E-state index in [4.69, 9.17) is 0 Å². The molecule has 1 heteroatoms. The molecule has 2 fully saturated rings. The molecule has 0 amide bonds. The van der Waals surface area contributed by atoms with Crippen LogP contribution in [0, 0.1) is 11.3 Å². The van der Waals surface area contributed by atoms with Crippen LogP contribution in [0.25, 0.3) is 0 Å². The first-order chi connectivity index (χ1) is 8.12. The fraction of sp³-hybridized carbons (Fsp3) is 1.00. The molecular formula is C16H31N. The van der Waals surface area contributed by atoms with Crippen LogP contribution in [-0.4, -0.2) is 12.1 Å². The minimum Gasteiger partial charge on any atom is -0.311 e. The average Bonchev–Trinajstić information content (AvgIpc) is 2.33. The van der Waals surface area contributed by atoms with Gasteiger partial charge in [-0.1, -0.05) is 40.0 Å². The van der Waals surface area contributed by atoms with Crippen LogP contribution in [-0.2, 0) is 0 Å². The van der Waals surface area contributed by atoms with Crippen LogP contribution in [0.5, 0.6) is 0 Å². The molecule has 17 heavy (non-hydrogen) atoms. The van der Waals surface area contributed by atoms with Crippen LogP contribution < -0.4 is 5.32 Å². The minimum atomic E-state index is 0.528. The van der Waals surface area contributed by atoms with E-state index in [0.717, 1.165) is 18.0 Å². The summed E-state index contributed by atoms with van der Waals surface area (Å²) < 4.78 is 0. The van der Waals surface area contributed by atoms with Gasteiger partial charge < -0.3 is 5.32 Å². The second kappa shape index (κ2) is 5.73. The van der Waals surface area contributed by atoms with Gasteiger partial charge in [0.15, 0.2) is 0 Å². The lowest BCUT2D eigenvalue weighted by Gasteiger charge is -2.42. The van der Waals surface area contributed by atoms with E-state index in [0.29, 0.717) is 5.41 Å². The van der Waals surface area contributed by atoms with Gasteiger partial charge >= 0.3 is 0 Å². The number of nitrogens with one attached hydrogen (secondary N) is 1. The quantitative estimate of drug-likeness (QED) is 0.761. The molecule has 0 aliphatic heterocycles. The summed E-state index contributed by atoms with van der Waals surface area (Å²) in [6.07, 6.45) is 12.8. The fourth-order valence-electron chi connectivity index (χ4n) is 3.82. The van der Waals surface area contributed by atoms with E-state index in [-0.39, 0.29) is 0 Å². The molecule has 0 aromatic carbocycles. The third-order valence-electron chi connectivity index (χ3n) is 5.37. The summed E-state index contributed by atoms with van der Waals surface area (Å²) in [5.41, 5.74) is 0.528. The molecule has 0 saturated heterocycles. The van der Waals surface area contributed by atoms with Gasteiger partial charge in [-0.3, -0.25) is 0 Å². The van der Waals surface area contributed by atoms with Gasteiger partial charge in [-0.25, -0.2) is 0 Å². The zero-order valence-corrected chi connectivity index (χ0v) is 12.1. The van der Waals surface area contributed by atoms with E-state index >= 15 is 0 Å². The summed E-state index contributed by atoms with van der Waals surface area (Å²) in [4.78, 5) is 0. The second-order valence-electron chi connectivity index (χ2n) is 7.08. The summed E-state index contributed by atoms with van der Waals surface area (Å²) in [6.45, 7) is 7.27. The van der Waals surface area contributed by atoms with Gasteiger partial charge in [-0.05, 0) is 49.9 Å². The van der Waals surface area contributed by atoms with Gasteiger partial charge in [0.1, 0.15) is 0 Å². The molecule has 2 saturated carbocycles. The molecule has 0 radical (unpaired) electrons. The first kappa shape index (κ1) is 13.4. The molecule has 1 unspecified atom stereocenters. The molecule has 0 heterocycles. The molecule has 100 valence electrons. The van der Waals surface area contributed by atoms with Crippen molar-refractivity contribution in [3.63, 3.8) is 0 Å². The lowest BCUT2D eigenvalue weighted by atomic mass is 9.72. The molecule has 0 bridgehead atoms. The summed E-state index contributed by atoms with van der Waals surface area (Å²) >= 11 is 0. The average molecular weight is 237 g/mol. The molecule has 2 rings (SSSR count). The van der Waals surface area contributed by atoms with Crippen molar-refractivity contribution in [3.05, 3.63) is 0 Å². The van der Waals surface area contributed by atoms with Crippen molar-refractivity contribution in [2.45, 2.75) is 90.6 Å². The molecule has 1 atom stereocenters. The predicted molar refractivity (Wildman–Crippen MR) is 75.2 cm³/mol. The second-order valence-corrected chi connectivity index (χ2v) is 7.08.